The van der Waals surface area contributed by atoms with Crippen molar-refractivity contribution in [1.29, 1.82) is 0 Å². The lowest BCUT2D eigenvalue weighted by molar-refractivity contribution is -0.147. The van der Waals surface area contributed by atoms with Gasteiger partial charge < -0.3 is 10.2 Å². The van der Waals surface area contributed by atoms with Gasteiger partial charge >= 0.3 is 0 Å². The summed E-state index contributed by atoms with van der Waals surface area (Å²) in [6, 6.07) is -0.183. The molecule has 1 saturated carbocycles. The third-order valence-corrected chi connectivity index (χ3v) is 4.41. The number of rotatable bonds is 7. The molecule has 1 N–H and O–H groups in total. The highest BCUT2D eigenvalue weighted by atomic mass is 16.2. The summed E-state index contributed by atoms with van der Waals surface area (Å²) in [7, 11) is 0. The van der Waals surface area contributed by atoms with Crippen LogP contribution in [0.4, 0.5) is 0 Å². The molecule has 2 amide bonds. The third-order valence-electron chi connectivity index (χ3n) is 4.41. The highest BCUT2D eigenvalue weighted by Gasteiger charge is 2.44. The van der Waals surface area contributed by atoms with E-state index in [1.54, 1.807) is 0 Å². The zero-order valence-electron chi connectivity index (χ0n) is 12.2. The first kappa shape index (κ1) is 14.4. The average molecular weight is 266 g/mol. The van der Waals surface area contributed by atoms with Crippen molar-refractivity contribution in [2.45, 2.75) is 58.4 Å². The van der Waals surface area contributed by atoms with Crippen LogP contribution in [0.2, 0.25) is 0 Å². The minimum absolute atomic E-state index is 0.0624. The monoisotopic (exact) mass is 266 g/mol. The van der Waals surface area contributed by atoms with Crippen molar-refractivity contribution in [2.24, 2.45) is 11.8 Å². The number of piperazine rings is 1. The Balaban J connectivity index is 2.00. The van der Waals surface area contributed by atoms with Gasteiger partial charge in [-0.25, -0.2) is 0 Å². The molecule has 0 spiro atoms. The molecule has 2 unspecified atom stereocenters. The molecular formula is C15H26N2O2. The van der Waals surface area contributed by atoms with Gasteiger partial charge in [-0.05, 0) is 31.1 Å². The van der Waals surface area contributed by atoms with Gasteiger partial charge in [-0.15, -0.1) is 0 Å². The summed E-state index contributed by atoms with van der Waals surface area (Å²) < 4.78 is 0. The summed E-state index contributed by atoms with van der Waals surface area (Å²) in [4.78, 5) is 26.0. The van der Waals surface area contributed by atoms with Gasteiger partial charge in [0.05, 0.1) is 6.54 Å². The van der Waals surface area contributed by atoms with Crippen molar-refractivity contribution in [1.82, 2.24) is 10.2 Å². The summed E-state index contributed by atoms with van der Waals surface area (Å²) in [5, 5.41) is 2.74. The predicted molar refractivity (Wildman–Crippen MR) is 74.5 cm³/mol. The Morgan fingerprint density at radius 2 is 2.05 bits per heavy atom. The van der Waals surface area contributed by atoms with Gasteiger partial charge in [0.2, 0.25) is 11.8 Å². The number of nitrogens with one attached hydrogen (secondary N) is 1. The maximum absolute atomic E-state index is 12.1. The molecule has 1 aliphatic heterocycles. The van der Waals surface area contributed by atoms with E-state index in [1.807, 2.05) is 4.90 Å². The number of hydrogen-bond donors (Lipinski definition) is 1. The number of carbonyl (C=O) groups excluding carboxylic acids is 2. The zero-order chi connectivity index (χ0) is 13.8. The second kappa shape index (κ2) is 6.40. The van der Waals surface area contributed by atoms with Crippen molar-refractivity contribution in [2.75, 3.05) is 13.1 Å². The third kappa shape index (κ3) is 3.48. The van der Waals surface area contributed by atoms with E-state index >= 15 is 0 Å². The largest absolute Gasteiger partial charge is 0.345 e. The number of unbranched alkanes of at least 4 members (excludes halogenated alkanes) is 1. The summed E-state index contributed by atoms with van der Waals surface area (Å²) in [6.45, 7) is 5.33. The summed E-state index contributed by atoms with van der Waals surface area (Å²) >= 11 is 0. The smallest absolute Gasteiger partial charge is 0.243 e. The van der Waals surface area contributed by atoms with E-state index in [-0.39, 0.29) is 24.4 Å². The van der Waals surface area contributed by atoms with Gasteiger partial charge in [0.25, 0.3) is 0 Å². The first-order valence-electron chi connectivity index (χ1n) is 7.74. The fourth-order valence-electron chi connectivity index (χ4n) is 2.96. The standard InChI is InChI=1S/C15H26N2O2/c1-3-5-6-11(4-2)10-17-13(18)9-16-15(19)14(17)12-7-8-12/h11-12,14H,3-10H2,1-2H3,(H,16,19). The minimum Gasteiger partial charge on any atom is -0.345 e. The van der Waals surface area contributed by atoms with E-state index < -0.39 is 0 Å². The average Bonchev–Trinajstić information content (AvgIpc) is 3.22. The molecule has 0 radical (unpaired) electrons. The lowest BCUT2D eigenvalue weighted by atomic mass is 9.96. The molecule has 2 aliphatic rings. The van der Waals surface area contributed by atoms with Crippen molar-refractivity contribution in [3.05, 3.63) is 0 Å². The van der Waals surface area contributed by atoms with Crippen molar-refractivity contribution >= 4 is 11.8 Å². The van der Waals surface area contributed by atoms with Gasteiger partial charge in [0, 0.05) is 6.54 Å². The Morgan fingerprint density at radius 1 is 1.32 bits per heavy atom. The van der Waals surface area contributed by atoms with Crippen LogP contribution >= 0.6 is 0 Å². The van der Waals surface area contributed by atoms with Gasteiger partial charge in [-0.1, -0.05) is 33.1 Å². The number of hydrogen-bond acceptors (Lipinski definition) is 2. The van der Waals surface area contributed by atoms with Gasteiger partial charge in [-0.3, -0.25) is 9.59 Å². The topological polar surface area (TPSA) is 49.4 Å². The van der Waals surface area contributed by atoms with Crippen LogP contribution in [0.1, 0.15) is 52.4 Å². The molecular weight excluding hydrogens is 240 g/mol. The normalized spacial score (nSPS) is 25.4. The highest BCUT2D eigenvalue weighted by molar-refractivity contribution is 5.95. The Kier molecular flexibility index (Phi) is 4.83. The van der Waals surface area contributed by atoms with Gasteiger partial charge in [0.15, 0.2) is 0 Å². The first-order chi connectivity index (χ1) is 9.17. The Labute approximate surface area is 115 Å². The van der Waals surface area contributed by atoms with Crippen molar-refractivity contribution < 1.29 is 9.59 Å². The quantitative estimate of drug-likeness (QED) is 0.765. The Bertz CT molecular complexity index is 339. The van der Waals surface area contributed by atoms with Crippen LogP contribution in [-0.4, -0.2) is 35.8 Å². The SMILES string of the molecule is CCCCC(CC)CN1C(=O)CNC(=O)C1C1CC1. The van der Waals surface area contributed by atoms with Crippen LogP contribution in [0.15, 0.2) is 0 Å². The van der Waals surface area contributed by atoms with Crippen LogP contribution < -0.4 is 5.32 Å². The van der Waals surface area contributed by atoms with E-state index in [2.05, 4.69) is 19.2 Å². The molecule has 1 heterocycles. The molecule has 4 nitrogen and oxygen atoms in total. The zero-order valence-corrected chi connectivity index (χ0v) is 12.2. The molecule has 2 fully saturated rings. The van der Waals surface area contributed by atoms with Crippen LogP contribution in [0.5, 0.6) is 0 Å². The molecule has 4 heteroatoms. The van der Waals surface area contributed by atoms with Crippen LogP contribution in [0.3, 0.4) is 0 Å². The maximum Gasteiger partial charge on any atom is 0.243 e. The second-order valence-corrected chi connectivity index (χ2v) is 5.96. The Morgan fingerprint density at radius 3 is 2.63 bits per heavy atom. The van der Waals surface area contributed by atoms with Crippen LogP contribution in [0.25, 0.3) is 0 Å². The molecule has 0 bridgehead atoms. The fourth-order valence-corrected chi connectivity index (χ4v) is 2.96. The summed E-state index contributed by atoms with van der Waals surface area (Å²) in [6.07, 6.45) is 6.83. The molecule has 19 heavy (non-hydrogen) atoms. The molecule has 2 rings (SSSR count). The Hall–Kier alpha value is -1.06. The molecule has 1 saturated heterocycles. The van der Waals surface area contributed by atoms with Crippen LogP contribution in [0, 0.1) is 11.8 Å². The molecule has 2 atom stereocenters. The number of carbonyl (C=O) groups is 2. The number of amides is 2. The predicted octanol–water partition coefficient (Wildman–Crippen LogP) is 1.94. The molecule has 0 aromatic heterocycles. The number of nitrogens with zero attached hydrogens (tertiary/aromatic N) is 1. The van der Waals surface area contributed by atoms with Crippen molar-refractivity contribution in [3.63, 3.8) is 0 Å². The summed E-state index contributed by atoms with van der Waals surface area (Å²) in [5.74, 6) is 1.11. The fraction of sp³-hybridized carbons (Fsp3) is 0.867. The molecule has 1 aliphatic carbocycles. The molecule has 0 aromatic carbocycles. The van der Waals surface area contributed by atoms with Crippen LogP contribution in [-0.2, 0) is 9.59 Å². The van der Waals surface area contributed by atoms with E-state index in [4.69, 9.17) is 0 Å². The molecule has 108 valence electrons. The van der Waals surface area contributed by atoms with E-state index in [9.17, 15) is 9.59 Å². The maximum atomic E-state index is 12.1. The van der Waals surface area contributed by atoms with Gasteiger partial charge in [-0.2, -0.15) is 0 Å². The summed E-state index contributed by atoms with van der Waals surface area (Å²) in [5.41, 5.74) is 0. The lowest BCUT2D eigenvalue weighted by Crippen LogP contribution is -2.60. The second-order valence-electron chi connectivity index (χ2n) is 5.96. The highest BCUT2D eigenvalue weighted by Crippen LogP contribution is 2.37. The van der Waals surface area contributed by atoms with E-state index in [1.165, 1.54) is 12.8 Å². The van der Waals surface area contributed by atoms with Crippen molar-refractivity contribution in [3.8, 4) is 0 Å². The minimum atomic E-state index is -0.183. The first-order valence-corrected chi connectivity index (χ1v) is 7.74. The molecule has 0 aromatic rings. The van der Waals surface area contributed by atoms with Gasteiger partial charge in [0.1, 0.15) is 6.04 Å². The van der Waals surface area contributed by atoms with E-state index in [0.717, 1.165) is 32.2 Å². The van der Waals surface area contributed by atoms with E-state index in [0.29, 0.717) is 11.8 Å². The lowest BCUT2D eigenvalue weighted by Gasteiger charge is -2.37.